The topological polar surface area (TPSA) is 85.2 Å². The van der Waals surface area contributed by atoms with Crippen molar-refractivity contribution in [3.8, 4) is 22.5 Å². The molecule has 7 heteroatoms. The van der Waals surface area contributed by atoms with Crippen molar-refractivity contribution in [2.45, 2.75) is 53.5 Å². The minimum atomic E-state index is 0.544. The zero-order chi connectivity index (χ0) is 22.5. The Morgan fingerprint density at radius 2 is 1.66 bits per heavy atom. The molecule has 0 bridgehead atoms. The summed E-state index contributed by atoms with van der Waals surface area (Å²) in [6.45, 7) is 9.65. The van der Waals surface area contributed by atoms with E-state index < -0.39 is 0 Å². The van der Waals surface area contributed by atoms with Crippen LogP contribution >= 0.6 is 0 Å². The second kappa shape index (κ2) is 9.85. The molecule has 0 amide bonds. The number of hydrogen-bond donors (Lipinski definition) is 1. The fraction of sp³-hybridized carbons (Fsp3) is 0.400. The number of aromatic nitrogens is 7. The van der Waals surface area contributed by atoms with E-state index in [-0.39, 0.29) is 0 Å². The molecule has 0 aliphatic heterocycles. The number of aryl methyl sites for hydroxylation is 1. The second-order valence-electron chi connectivity index (χ2n) is 9.12. The number of nitrogens with zero attached hydrogens (tertiary/aromatic N) is 6. The Morgan fingerprint density at radius 3 is 2.31 bits per heavy atom. The molecule has 0 aliphatic rings. The zero-order valence-electron chi connectivity index (χ0n) is 19.3. The molecule has 0 radical (unpaired) electrons. The van der Waals surface area contributed by atoms with Crippen LogP contribution in [0.1, 0.15) is 51.3 Å². The second-order valence-corrected chi connectivity index (χ2v) is 9.12. The molecule has 2 aromatic carbocycles. The van der Waals surface area contributed by atoms with Crippen molar-refractivity contribution >= 4 is 0 Å². The smallest absolute Gasteiger partial charge is 0.180 e. The van der Waals surface area contributed by atoms with Crippen LogP contribution in [0.25, 0.3) is 22.5 Å². The highest BCUT2D eigenvalue weighted by Gasteiger charge is 2.13. The van der Waals surface area contributed by atoms with Crippen LogP contribution in [0.2, 0.25) is 0 Å². The first kappa shape index (κ1) is 21.9. The summed E-state index contributed by atoms with van der Waals surface area (Å²) in [5.74, 6) is 3.89. The SMILES string of the molecule is CC(C)CCc1nc(CC(C)C)nn1Cc1ccc(-c2ccccc2-c2nnn[nH]2)cc1. The summed E-state index contributed by atoms with van der Waals surface area (Å²) in [7, 11) is 0. The summed E-state index contributed by atoms with van der Waals surface area (Å²) in [5.41, 5.74) is 4.41. The quantitative estimate of drug-likeness (QED) is 0.406. The van der Waals surface area contributed by atoms with Crippen LogP contribution in [0.3, 0.4) is 0 Å². The molecule has 0 aliphatic carbocycles. The lowest BCUT2D eigenvalue weighted by Gasteiger charge is -2.10. The van der Waals surface area contributed by atoms with Gasteiger partial charge in [-0.15, -0.1) is 5.10 Å². The molecule has 2 heterocycles. The molecule has 166 valence electrons. The van der Waals surface area contributed by atoms with Gasteiger partial charge in [-0.05, 0) is 45.4 Å². The van der Waals surface area contributed by atoms with Gasteiger partial charge in [-0.25, -0.2) is 14.8 Å². The van der Waals surface area contributed by atoms with Crippen molar-refractivity contribution < 1.29 is 0 Å². The van der Waals surface area contributed by atoms with E-state index in [2.05, 4.69) is 83.3 Å². The van der Waals surface area contributed by atoms with Gasteiger partial charge in [-0.1, -0.05) is 76.2 Å². The molecule has 4 aromatic rings. The van der Waals surface area contributed by atoms with E-state index >= 15 is 0 Å². The van der Waals surface area contributed by atoms with Gasteiger partial charge < -0.3 is 0 Å². The van der Waals surface area contributed by atoms with Crippen molar-refractivity contribution in [3.05, 3.63) is 65.7 Å². The van der Waals surface area contributed by atoms with Crippen LogP contribution < -0.4 is 0 Å². The first-order chi connectivity index (χ1) is 15.5. The molecular formula is C25H31N7. The molecular weight excluding hydrogens is 398 g/mol. The third-order valence-electron chi connectivity index (χ3n) is 5.45. The third-order valence-corrected chi connectivity index (χ3v) is 5.45. The van der Waals surface area contributed by atoms with Gasteiger partial charge in [0.25, 0.3) is 0 Å². The summed E-state index contributed by atoms with van der Waals surface area (Å²) >= 11 is 0. The maximum Gasteiger partial charge on any atom is 0.180 e. The number of H-pyrrole nitrogens is 1. The van der Waals surface area contributed by atoms with Crippen LogP contribution in [0.15, 0.2) is 48.5 Å². The van der Waals surface area contributed by atoms with Gasteiger partial charge in [-0.3, -0.25) is 0 Å². The highest BCUT2D eigenvalue weighted by Crippen LogP contribution is 2.29. The molecule has 32 heavy (non-hydrogen) atoms. The lowest BCUT2D eigenvalue weighted by Crippen LogP contribution is -2.08. The van der Waals surface area contributed by atoms with E-state index in [1.165, 1.54) is 5.56 Å². The molecule has 1 N–H and O–H groups in total. The van der Waals surface area contributed by atoms with Crippen LogP contribution in [-0.2, 0) is 19.4 Å². The summed E-state index contributed by atoms with van der Waals surface area (Å²) < 4.78 is 2.09. The Balaban J connectivity index is 1.56. The highest BCUT2D eigenvalue weighted by atomic mass is 15.5. The van der Waals surface area contributed by atoms with E-state index in [4.69, 9.17) is 10.1 Å². The Hall–Kier alpha value is -3.35. The van der Waals surface area contributed by atoms with Crippen LogP contribution in [0, 0.1) is 11.8 Å². The maximum atomic E-state index is 4.85. The maximum absolute atomic E-state index is 4.85. The van der Waals surface area contributed by atoms with Crippen molar-refractivity contribution in [3.63, 3.8) is 0 Å². The number of aromatic amines is 1. The van der Waals surface area contributed by atoms with E-state index in [1.807, 2.05) is 18.2 Å². The van der Waals surface area contributed by atoms with Gasteiger partial charge in [0.2, 0.25) is 0 Å². The summed E-state index contributed by atoms with van der Waals surface area (Å²) in [4.78, 5) is 4.85. The normalized spacial score (nSPS) is 11.6. The standard InChI is InChI=1S/C25H31N7/c1-17(2)9-14-24-26-23(15-18(3)4)29-32(24)16-19-10-12-20(13-11-19)21-7-5-6-8-22(21)25-27-30-31-28-25/h5-8,10-13,17-18H,9,14-16H2,1-4H3,(H,27,28,30,31). The van der Waals surface area contributed by atoms with Gasteiger partial charge in [0.1, 0.15) is 5.82 Å². The van der Waals surface area contributed by atoms with Crippen molar-refractivity contribution in [2.75, 3.05) is 0 Å². The molecule has 0 atom stereocenters. The Kier molecular flexibility index (Phi) is 6.73. The first-order valence-electron chi connectivity index (χ1n) is 11.3. The monoisotopic (exact) mass is 429 g/mol. The Bertz CT molecular complexity index is 1130. The Labute approximate surface area is 189 Å². The Morgan fingerprint density at radius 1 is 0.906 bits per heavy atom. The fourth-order valence-corrected chi connectivity index (χ4v) is 3.78. The van der Waals surface area contributed by atoms with Gasteiger partial charge in [0, 0.05) is 18.4 Å². The molecule has 7 nitrogen and oxygen atoms in total. The molecule has 0 unspecified atom stereocenters. The zero-order valence-corrected chi connectivity index (χ0v) is 19.3. The van der Waals surface area contributed by atoms with E-state index in [0.717, 1.165) is 54.1 Å². The van der Waals surface area contributed by atoms with Crippen LogP contribution in [-0.4, -0.2) is 35.4 Å². The number of hydrogen-bond acceptors (Lipinski definition) is 5. The van der Waals surface area contributed by atoms with Gasteiger partial charge in [0.15, 0.2) is 11.6 Å². The lowest BCUT2D eigenvalue weighted by atomic mass is 9.98. The van der Waals surface area contributed by atoms with Gasteiger partial charge in [0.05, 0.1) is 6.54 Å². The van der Waals surface area contributed by atoms with Crippen LogP contribution in [0.5, 0.6) is 0 Å². The third kappa shape index (κ3) is 5.28. The van der Waals surface area contributed by atoms with Crippen molar-refractivity contribution in [1.29, 1.82) is 0 Å². The lowest BCUT2D eigenvalue weighted by molar-refractivity contribution is 0.546. The summed E-state index contributed by atoms with van der Waals surface area (Å²) in [6, 6.07) is 16.8. The predicted octanol–water partition coefficient (Wildman–Crippen LogP) is 4.96. The van der Waals surface area contributed by atoms with Crippen LogP contribution in [0.4, 0.5) is 0 Å². The average Bonchev–Trinajstić information content (AvgIpc) is 3.43. The fourth-order valence-electron chi connectivity index (χ4n) is 3.78. The van der Waals surface area contributed by atoms with E-state index in [1.54, 1.807) is 0 Å². The van der Waals surface area contributed by atoms with E-state index in [9.17, 15) is 0 Å². The van der Waals surface area contributed by atoms with Gasteiger partial charge >= 0.3 is 0 Å². The predicted molar refractivity (Wildman–Crippen MR) is 126 cm³/mol. The largest absolute Gasteiger partial charge is 0.245 e. The molecule has 0 saturated carbocycles. The highest BCUT2D eigenvalue weighted by molar-refractivity contribution is 5.80. The molecule has 2 aromatic heterocycles. The minimum absolute atomic E-state index is 0.544. The minimum Gasteiger partial charge on any atom is -0.245 e. The van der Waals surface area contributed by atoms with Gasteiger partial charge in [-0.2, -0.15) is 5.10 Å². The molecule has 4 rings (SSSR count). The summed E-state index contributed by atoms with van der Waals surface area (Å²) in [6.07, 6.45) is 2.99. The molecule has 0 spiro atoms. The average molecular weight is 430 g/mol. The number of rotatable bonds is 9. The number of nitrogens with one attached hydrogen (secondary N) is 1. The van der Waals surface area contributed by atoms with E-state index in [0.29, 0.717) is 17.7 Å². The number of tetrazole rings is 1. The molecule has 0 fully saturated rings. The van der Waals surface area contributed by atoms with Crippen molar-refractivity contribution in [2.24, 2.45) is 11.8 Å². The summed E-state index contributed by atoms with van der Waals surface area (Å²) in [5, 5.41) is 19.2. The molecule has 0 saturated heterocycles. The van der Waals surface area contributed by atoms with Crippen molar-refractivity contribution in [1.82, 2.24) is 35.4 Å². The first-order valence-corrected chi connectivity index (χ1v) is 11.3. The number of benzene rings is 2.